The van der Waals surface area contributed by atoms with Crippen LogP contribution in [0, 0.1) is 0 Å². The number of unbranched alkanes of at least 4 members (excludes halogenated alkanes) is 1. The Hall–Kier alpha value is -1.07. The fourth-order valence-corrected chi connectivity index (χ4v) is 3.09. The molecule has 0 amide bonds. The molecule has 0 bridgehead atoms. The van der Waals surface area contributed by atoms with Crippen LogP contribution in [0.2, 0.25) is 0 Å². The second kappa shape index (κ2) is 8.17. The number of hydrogen-bond donors (Lipinski definition) is 1. The molecule has 0 unspecified atom stereocenters. The van der Waals surface area contributed by atoms with Crippen LogP contribution in [0.4, 0.5) is 5.69 Å². The summed E-state index contributed by atoms with van der Waals surface area (Å²) in [6.07, 6.45) is 2.69. The molecule has 0 saturated carbocycles. The SMILES string of the molecule is CCCS(=O)(=O)c1ccc(NCCCCOC)cc1. The standard InChI is InChI=1S/C14H23NO3S/c1-3-12-19(16,17)14-8-6-13(7-9-14)15-10-4-5-11-18-2/h6-9,15H,3-5,10-12H2,1-2H3. The van der Waals surface area contributed by atoms with Gasteiger partial charge in [0.15, 0.2) is 9.84 Å². The third kappa shape index (κ3) is 5.61. The molecule has 0 aliphatic carbocycles. The lowest BCUT2D eigenvalue weighted by molar-refractivity contribution is 0.194. The van der Waals surface area contributed by atoms with Crippen molar-refractivity contribution >= 4 is 15.5 Å². The van der Waals surface area contributed by atoms with Crippen LogP contribution in [-0.2, 0) is 14.6 Å². The summed E-state index contributed by atoms with van der Waals surface area (Å²) >= 11 is 0. The van der Waals surface area contributed by atoms with Gasteiger partial charge in [0.2, 0.25) is 0 Å². The van der Waals surface area contributed by atoms with Crippen LogP contribution in [-0.4, -0.2) is 34.4 Å². The van der Waals surface area contributed by atoms with E-state index in [1.807, 2.05) is 19.1 Å². The fourth-order valence-electron chi connectivity index (χ4n) is 1.77. The van der Waals surface area contributed by atoms with Crippen LogP contribution in [0.3, 0.4) is 0 Å². The lowest BCUT2D eigenvalue weighted by Gasteiger charge is -2.07. The summed E-state index contributed by atoms with van der Waals surface area (Å²) in [5.41, 5.74) is 0.952. The molecule has 0 saturated heterocycles. The van der Waals surface area contributed by atoms with Crippen LogP contribution >= 0.6 is 0 Å². The van der Waals surface area contributed by atoms with E-state index in [2.05, 4.69) is 5.32 Å². The van der Waals surface area contributed by atoms with Gasteiger partial charge < -0.3 is 10.1 Å². The molecular formula is C14H23NO3S. The molecule has 0 aromatic heterocycles. The molecule has 108 valence electrons. The number of methoxy groups -OCH3 is 1. The molecule has 19 heavy (non-hydrogen) atoms. The molecule has 0 aliphatic rings. The van der Waals surface area contributed by atoms with E-state index < -0.39 is 9.84 Å². The molecule has 1 N–H and O–H groups in total. The number of benzene rings is 1. The first kappa shape index (κ1) is 16.0. The van der Waals surface area contributed by atoms with Crippen LogP contribution in [0.15, 0.2) is 29.2 Å². The Bertz CT molecular complexity index is 454. The van der Waals surface area contributed by atoms with Crippen molar-refractivity contribution in [3.63, 3.8) is 0 Å². The fraction of sp³-hybridized carbons (Fsp3) is 0.571. The lowest BCUT2D eigenvalue weighted by Crippen LogP contribution is -2.06. The van der Waals surface area contributed by atoms with Gasteiger partial charge in [-0.2, -0.15) is 0 Å². The molecule has 1 rings (SSSR count). The Labute approximate surface area is 116 Å². The predicted octanol–water partition coefficient (Wildman–Crippen LogP) is 2.71. The summed E-state index contributed by atoms with van der Waals surface area (Å²) in [5.74, 6) is 0.205. The maximum absolute atomic E-state index is 11.8. The van der Waals surface area contributed by atoms with Crippen molar-refractivity contribution in [1.29, 1.82) is 0 Å². The predicted molar refractivity (Wildman–Crippen MR) is 78.4 cm³/mol. The molecule has 0 spiro atoms. The number of anilines is 1. The smallest absolute Gasteiger partial charge is 0.178 e. The van der Waals surface area contributed by atoms with Gasteiger partial charge in [0, 0.05) is 25.9 Å². The van der Waals surface area contributed by atoms with E-state index in [0.717, 1.165) is 31.7 Å². The van der Waals surface area contributed by atoms with E-state index in [0.29, 0.717) is 11.3 Å². The molecule has 0 atom stereocenters. The summed E-state index contributed by atoms with van der Waals surface area (Å²) in [7, 11) is -1.41. The zero-order chi connectivity index (χ0) is 14.1. The summed E-state index contributed by atoms with van der Waals surface area (Å²) < 4.78 is 28.7. The van der Waals surface area contributed by atoms with Gasteiger partial charge >= 0.3 is 0 Å². The molecule has 0 heterocycles. The lowest BCUT2D eigenvalue weighted by atomic mass is 10.3. The van der Waals surface area contributed by atoms with Gasteiger partial charge in [0.05, 0.1) is 10.6 Å². The average Bonchev–Trinajstić information content (AvgIpc) is 2.39. The van der Waals surface area contributed by atoms with E-state index >= 15 is 0 Å². The van der Waals surface area contributed by atoms with Gasteiger partial charge in [-0.15, -0.1) is 0 Å². The molecule has 0 fully saturated rings. The van der Waals surface area contributed by atoms with Gasteiger partial charge in [-0.3, -0.25) is 0 Å². The normalized spacial score (nSPS) is 11.5. The largest absolute Gasteiger partial charge is 0.385 e. The van der Waals surface area contributed by atoms with Gasteiger partial charge in [-0.1, -0.05) is 6.92 Å². The molecular weight excluding hydrogens is 262 g/mol. The highest BCUT2D eigenvalue weighted by Crippen LogP contribution is 2.16. The Balaban J connectivity index is 2.48. The van der Waals surface area contributed by atoms with Gasteiger partial charge in [-0.25, -0.2) is 8.42 Å². The van der Waals surface area contributed by atoms with Crippen LogP contribution < -0.4 is 5.32 Å². The van der Waals surface area contributed by atoms with Crippen molar-refractivity contribution in [2.24, 2.45) is 0 Å². The zero-order valence-electron chi connectivity index (χ0n) is 11.7. The Morgan fingerprint density at radius 2 is 1.84 bits per heavy atom. The van der Waals surface area contributed by atoms with Crippen LogP contribution in [0.1, 0.15) is 26.2 Å². The minimum atomic E-state index is -3.10. The van der Waals surface area contributed by atoms with Crippen molar-refractivity contribution in [3.05, 3.63) is 24.3 Å². The van der Waals surface area contributed by atoms with Crippen molar-refractivity contribution < 1.29 is 13.2 Å². The minimum absolute atomic E-state index is 0.205. The number of sulfone groups is 1. The van der Waals surface area contributed by atoms with Gasteiger partial charge in [0.1, 0.15) is 0 Å². The number of nitrogens with one attached hydrogen (secondary N) is 1. The quantitative estimate of drug-likeness (QED) is 0.709. The molecule has 0 aliphatic heterocycles. The van der Waals surface area contributed by atoms with Gasteiger partial charge in [0.25, 0.3) is 0 Å². The number of ether oxygens (including phenoxy) is 1. The van der Waals surface area contributed by atoms with Crippen molar-refractivity contribution in [2.45, 2.75) is 31.1 Å². The zero-order valence-corrected chi connectivity index (χ0v) is 12.5. The molecule has 1 aromatic rings. The van der Waals surface area contributed by atoms with Crippen molar-refractivity contribution in [3.8, 4) is 0 Å². The molecule has 4 nitrogen and oxygen atoms in total. The average molecular weight is 285 g/mol. The van der Waals surface area contributed by atoms with Crippen molar-refractivity contribution in [1.82, 2.24) is 0 Å². The molecule has 0 radical (unpaired) electrons. The number of hydrogen-bond acceptors (Lipinski definition) is 4. The second-order valence-electron chi connectivity index (χ2n) is 4.47. The topological polar surface area (TPSA) is 55.4 Å². The highest BCUT2D eigenvalue weighted by molar-refractivity contribution is 7.91. The highest BCUT2D eigenvalue weighted by Gasteiger charge is 2.12. The maximum atomic E-state index is 11.8. The Kier molecular flexibility index (Phi) is 6.87. The van der Waals surface area contributed by atoms with E-state index in [1.165, 1.54) is 0 Å². The van der Waals surface area contributed by atoms with Crippen LogP contribution in [0.25, 0.3) is 0 Å². The maximum Gasteiger partial charge on any atom is 0.178 e. The highest BCUT2D eigenvalue weighted by atomic mass is 32.2. The summed E-state index contributed by atoms with van der Waals surface area (Å²) in [6.45, 7) is 3.51. The van der Waals surface area contributed by atoms with E-state index in [1.54, 1.807) is 19.2 Å². The summed E-state index contributed by atoms with van der Waals surface area (Å²) in [5, 5.41) is 3.26. The Morgan fingerprint density at radius 3 is 2.42 bits per heavy atom. The van der Waals surface area contributed by atoms with E-state index in [9.17, 15) is 8.42 Å². The monoisotopic (exact) mass is 285 g/mol. The Morgan fingerprint density at radius 1 is 1.16 bits per heavy atom. The molecule has 5 heteroatoms. The van der Waals surface area contributed by atoms with E-state index in [-0.39, 0.29) is 5.75 Å². The van der Waals surface area contributed by atoms with E-state index in [4.69, 9.17) is 4.74 Å². The summed E-state index contributed by atoms with van der Waals surface area (Å²) in [4.78, 5) is 0.402. The first-order chi connectivity index (χ1) is 9.10. The third-order valence-corrected chi connectivity index (χ3v) is 4.73. The second-order valence-corrected chi connectivity index (χ2v) is 6.58. The third-order valence-electron chi connectivity index (χ3n) is 2.79. The minimum Gasteiger partial charge on any atom is -0.385 e. The first-order valence-electron chi connectivity index (χ1n) is 6.66. The first-order valence-corrected chi connectivity index (χ1v) is 8.31. The summed E-state index contributed by atoms with van der Waals surface area (Å²) in [6, 6.07) is 6.97. The van der Waals surface area contributed by atoms with Gasteiger partial charge in [-0.05, 0) is 43.5 Å². The molecule has 1 aromatic carbocycles. The van der Waals surface area contributed by atoms with Crippen LogP contribution in [0.5, 0.6) is 0 Å². The van der Waals surface area contributed by atoms with Crippen molar-refractivity contribution in [2.75, 3.05) is 31.3 Å². The number of rotatable bonds is 9.